The van der Waals surface area contributed by atoms with Gasteiger partial charge < -0.3 is 30.2 Å². The highest BCUT2D eigenvalue weighted by Crippen LogP contribution is 2.35. The third kappa shape index (κ3) is 11.4. The van der Waals surface area contributed by atoms with Gasteiger partial charge in [0.05, 0.1) is 22.4 Å². The van der Waals surface area contributed by atoms with Crippen LogP contribution in [0.25, 0.3) is 21.8 Å². The summed E-state index contributed by atoms with van der Waals surface area (Å²) >= 11 is 5.71. The Morgan fingerprint density at radius 2 is 0.968 bits per heavy atom. The number of rotatable bonds is 7. The molecule has 14 heteroatoms. The number of para-hydroxylation sites is 2. The van der Waals surface area contributed by atoms with Crippen LogP contribution in [0.1, 0.15) is 74.6 Å². The molecule has 0 radical (unpaired) electrons. The Bertz CT molecular complexity index is 2290. The van der Waals surface area contributed by atoms with Crippen molar-refractivity contribution in [3.63, 3.8) is 0 Å². The van der Waals surface area contributed by atoms with Gasteiger partial charge in [-0.1, -0.05) is 48.0 Å². The maximum Gasteiger partial charge on any atom is 0.150 e. The summed E-state index contributed by atoms with van der Waals surface area (Å²) in [6.45, 7) is 8.62. The van der Waals surface area contributed by atoms with E-state index in [4.69, 9.17) is 26.6 Å². The number of fused-ring (bicyclic) bond motifs is 2. The summed E-state index contributed by atoms with van der Waals surface area (Å²) in [4.78, 5) is 34.9. The third-order valence-corrected chi connectivity index (χ3v) is 13.0. The SMILES string of the molecule is Cl.Clc1ccc2ccccc2n1.OCC1CCN(c2nccnc2C2CCN(c3ccc4ccccc4n3)CC2)CC1.OCC1CCN(c2nccnc2C2CCNCC2)CC1. The van der Waals surface area contributed by atoms with E-state index in [1.54, 1.807) is 12.3 Å². The molecule has 4 aliphatic rings. The summed E-state index contributed by atoms with van der Waals surface area (Å²) in [6.07, 6.45) is 15.9. The van der Waals surface area contributed by atoms with E-state index in [0.717, 1.165) is 143 Å². The second-order valence-corrected chi connectivity index (χ2v) is 17.1. The molecule has 3 N–H and O–H groups in total. The van der Waals surface area contributed by atoms with Crippen molar-refractivity contribution in [1.82, 2.24) is 35.2 Å². The zero-order valence-electron chi connectivity index (χ0n) is 35.5. The number of benzene rings is 2. The van der Waals surface area contributed by atoms with Crippen molar-refractivity contribution in [2.75, 3.05) is 80.3 Å². The lowest BCUT2D eigenvalue weighted by molar-refractivity contribution is 0.202. The van der Waals surface area contributed by atoms with Crippen LogP contribution in [-0.2, 0) is 0 Å². The molecule has 328 valence electrons. The first-order valence-electron chi connectivity index (χ1n) is 22.2. The van der Waals surface area contributed by atoms with E-state index in [9.17, 15) is 10.2 Å². The normalized spacial score (nSPS) is 18.1. The average Bonchev–Trinajstić information content (AvgIpc) is 3.34. The molecule has 2 aromatic carbocycles. The molecule has 0 amide bonds. The summed E-state index contributed by atoms with van der Waals surface area (Å²) in [6, 6.07) is 24.2. The van der Waals surface area contributed by atoms with E-state index in [2.05, 4.69) is 65.3 Å². The van der Waals surface area contributed by atoms with Crippen LogP contribution in [-0.4, -0.2) is 106 Å². The number of pyridine rings is 2. The first-order valence-corrected chi connectivity index (χ1v) is 22.6. The van der Waals surface area contributed by atoms with Gasteiger partial charge in [-0.15, -0.1) is 12.4 Å². The monoisotopic (exact) mass is 878 g/mol. The molecule has 0 saturated carbocycles. The highest BCUT2D eigenvalue weighted by atomic mass is 35.5. The van der Waals surface area contributed by atoms with Gasteiger partial charge in [0.1, 0.15) is 11.0 Å². The lowest BCUT2D eigenvalue weighted by atomic mass is 9.92. The van der Waals surface area contributed by atoms with Crippen molar-refractivity contribution in [3.8, 4) is 0 Å². The molecule has 4 aromatic heterocycles. The Kier molecular flexibility index (Phi) is 16.5. The van der Waals surface area contributed by atoms with Crippen LogP contribution in [0.4, 0.5) is 17.5 Å². The molecule has 8 heterocycles. The molecule has 62 heavy (non-hydrogen) atoms. The van der Waals surface area contributed by atoms with Gasteiger partial charge >= 0.3 is 0 Å². The quantitative estimate of drug-likeness (QED) is 0.134. The predicted molar refractivity (Wildman–Crippen MR) is 253 cm³/mol. The number of halogens is 2. The number of nitrogens with zero attached hydrogens (tertiary/aromatic N) is 9. The number of nitrogens with one attached hydrogen (secondary N) is 1. The number of aliphatic hydroxyl groups is 2. The van der Waals surface area contributed by atoms with Crippen molar-refractivity contribution in [2.24, 2.45) is 11.8 Å². The lowest BCUT2D eigenvalue weighted by Gasteiger charge is -2.36. The van der Waals surface area contributed by atoms with Gasteiger partial charge in [0.15, 0.2) is 11.6 Å². The molecule has 0 atom stereocenters. The highest BCUT2D eigenvalue weighted by Gasteiger charge is 2.29. The summed E-state index contributed by atoms with van der Waals surface area (Å²) in [5.41, 5.74) is 4.32. The van der Waals surface area contributed by atoms with Crippen molar-refractivity contribution >= 4 is 63.3 Å². The Hall–Kier alpha value is -4.72. The minimum absolute atomic E-state index is 0. The maximum absolute atomic E-state index is 9.43. The van der Waals surface area contributed by atoms with E-state index in [1.165, 1.54) is 11.1 Å². The third-order valence-electron chi connectivity index (χ3n) is 12.8. The highest BCUT2D eigenvalue weighted by molar-refractivity contribution is 6.29. The molecular weight excluding hydrogens is 820 g/mol. The van der Waals surface area contributed by atoms with Gasteiger partial charge in [0.2, 0.25) is 0 Å². The molecule has 0 spiro atoms. The Morgan fingerprint density at radius 1 is 0.516 bits per heavy atom. The molecule has 0 unspecified atom stereocenters. The number of piperidine rings is 4. The summed E-state index contributed by atoms with van der Waals surface area (Å²) in [5, 5.41) is 24.9. The van der Waals surface area contributed by atoms with Gasteiger partial charge in [-0.3, -0.25) is 9.97 Å². The van der Waals surface area contributed by atoms with Crippen LogP contribution in [0, 0.1) is 11.8 Å². The summed E-state index contributed by atoms with van der Waals surface area (Å²) in [7, 11) is 0. The predicted octanol–water partition coefficient (Wildman–Crippen LogP) is 8.08. The second-order valence-electron chi connectivity index (χ2n) is 16.7. The van der Waals surface area contributed by atoms with Gasteiger partial charge in [-0.05, 0) is 113 Å². The van der Waals surface area contributed by atoms with Crippen LogP contribution >= 0.6 is 24.0 Å². The molecule has 6 aromatic rings. The molecule has 4 saturated heterocycles. The fraction of sp³-hybridized carbons (Fsp3) is 0.458. The number of aliphatic hydroxyl groups excluding tert-OH is 2. The summed E-state index contributed by atoms with van der Waals surface area (Å²) < 4.78 is 0. The molecule has 10 rings (SSSR count). The van der Waals surface area contributed by atoms with Gasteiger partial charge in [-0.25, -0.2) is 19.9 Å². The van der Waals surface area contributed by atoms with Crippen molar-refractivity contribution in [1.29, 1.82) is 0 Å². The van der Waals surface area contributed by atoms with Crippen molar-refractivity contribution < 1.29 is 10.2 Å². The lowest BCUT2D eigenvalue weighted by Crippen LogP contribution is -2.37. The average molecular weight is 880 g/mol. The second kappa shape index (κ2) is 22.6. The van der Waals surface area contributed by atoms with Crippen LogP contribution < -0.4 is 20.0 Å². The number of hydrogen-bond acceptors (Lipinski definition) is 12. The van der Waals surface area contributed by atoms with Gasteiger partial charge in [0.25, 0.3) is 0 Å². The number of hydrogen-bond donors (Lipinski definition) is 3. The first kappa shape index (κ1) is 45.3. The standard InChI is InChI=1S/C24H29N5O.C15H24N4O.C9H6ClN.ClH/c30-17-18-7-13-29(14-8-18)24-23(25-11-12-26-24)20-9-15-28(16-10-20)22-6-5-19-3-1-2-4-21(19)27-22;20-11-12-3-9-19(10-4-12)15-14(17-7-8-18-15)13-1-5-16-6-2-13;10-9-6-5-7-3-1-2-4-8(7)11-9;/h1-6,11-12,18,20,30H,7-10,13-17H2;7-8,12-13,16,20H,1-6,9-11H2;1-6H;1H. The zero-order chi connectivity index (χ0) is 41.8. The first-order chi connectivity index (χ1) is 30.1. The van der Waals surface area contributed by atoms with E-state index in [1.807, 2.05) is 55.0 Å². The van der Waals surface area contributed by atoms with Crippen LogP contribution in [0.2, 0.25) is 5.15 Å². The molecule has 0 bridgehead atoms. The van der Waals surface area contributed by atoms with Crippen LogP contribution in [0.15, 0.2) is 97.6 Å². The van der Waals surface area contributed by atoms with Gasteiger partial charge in [-0.2, -0.15) is 0 Å². The maximum atomic E-state index is 9.43. The van der Waals surface area contributed by atoms with Crippen molar-refractivity contribution in [2.45, 2.75) is 63.2 Å². The molecular formula is C48H60Cl2N10O2. The smallest absolute Gasteiger partial charge is 0.150 e. The minimum atomic E-state index is 0. The molecule has 4 fully saturated rings. The van der Waals surface area contributed by atoms with E-state index >= 15 is 0 Å². The largest absolute Gasteiger partial charge is 0.396 e. The fourth-order valence-corrected chi connectivity index (χ4v) is 9.30. The zero-order valence-corrected chi connectivity index (χ0v) is 37.1. The Balaban J connectivity index is 0.000000155. The molecule has 0 aliphatic carbocycles. The van der Waals surface area contributed by atoms with Gasteiger partial charge in [0, 0.05) is 99.9 Å². The van der Waals surface area contributed by atoms with E-state index < -0.39 is 0 Å². The van der Waals surface area contributed by atoms with Crippen LogP contribution in [0.3, 0.4) is 0 Å². The van der Waals surface area contributed by atoms with E-state index in [-0.39, 0.29) is 12.4 Å². The number of anilines is 3. The van der Waals surface area contributed by atoms with E-state index in [0.29, 0.717) is 42.0 Å². The minimum Gasteiger partial charge on any atom is -0.396 e. The Morgan fingerprint density at radius 3 is 1.50 bits per heavy atom. The van der Waals surface area contributed by atoms with Crippen molar-refractivity contribution in [3.05, 3.63) is 114 Å². The molecule has 4 aliphatic heterocycles. The fourth-order valence-electron chi connectivity index (χ4n) is 9.15. The Labute approximate surface area is 376 Å². The topological polar surface area (TPSA) is 140 Å². The molecule has 12 nitrogen and oxygen atoms in total. The summed E-state index contributed by atoms with van der Waals surface area (Å²) in [5.74, 6) is 5.06. The number of aromatic nitrogens is 6. The van der Waals surface area contributed by atoms with Crippen LogP contribution in [0.5, 0.6) is 0 Å².